The third-order valence-corrected chi connectivity index (χ3v) is 5.40. The second-order valence-corrected chi connectivity index (χ2v) is 6.97. The van der Waals surface area contributed by atoms with Gasteiger partial charge in [-0.2, -0.15) is 0 Å². The van der Waals surface area contributed by atoms with Crippen molar-refractivity contribution in [3.63, 3.8) is 0 Å². The van der Waals surface area contributed by atoms with Crippen molar-refractivity contribution in [3.05, 3.63) is 33.9 Å². The van der Waals surface area contributed by atoms with Gasteiger partial charge in [-0.1, -0.05) is 0 Å². The monoisotopic (exact) mass is 362 g/mol. The van der Waals surface area contributed by atoms with Crippen LogP contribution in [-0.4, -0.2) is 71.0 Å². The smallest absolute Gasteiger partial charge is 0.292 e. The van der Waals surface area contributed by atoms with Crippen molar-refractivity contribution >= 4 is 17.3 Å². The summed E-state index contributed by atoms with van der Waals surface area (Å²) in [6, 6.07) is 4.56. The number of hydrogen-bond donors (Lipinski definition) is 1. The second kappa shape index (κ2) is 8.01. The van der Waals surface area contributed by atoms with E-state index < -0.39 is 0 Å². The molecule has 1 unspecified atom stereocenters. The molecule has 2 aliphatic rings. The number of piperazine rings is 1. The van der Waals surface area contributed by atoms with Crippen molar-refractivity contribution in [2.75, 3.05) is 44.2 Å². The minimum absolute atomic E-state index is 0.0526. The van der Waals surface area contributed by atoms with E-state index in [1.165, 1.54) is 6.07 Å². The molecular weight excluding hydrogens is 336 g/mol. The van der Waals surface area contributed by atoms with E-state index in [0.29, 0.717) is 37.4 Å². The Bertz CT molecular complexity index is 667. The first kappa shape index (κ1) is 18.6. The zero-order valence-electron chi connectivity index (χ0n) is 15.1. The molecule has 0 spiro atoms. The summed E-state index contributed by atoms with van der Waals surface area (Å²) in [6.45, 7) is 6.10. The quantitative estimate of drug-likeness (QED) is 0.626. The topological polar surface area (TPSA) is 90.2 Å². The Labute approximate surface area is 153 Å². The molecule has 1 amide bonds. The van der Waals surface area contributed by atoms with Gasteiger partial charge in [0.15, 0.2) is 0 Å². The average Bonchev–Trinajstić information content (AvgIpc) is 3.21. The standard InChI is InChI=1S/C18H26N4O4/c1-14(18(24)21-6-2-3-7-21)19-8-10-20(11-9-19)17-12-15(13-23)4-5-16(17)22(25)26/h4-5,12,14,23H,2-3,6-11,13H2,1H3. The minimum atomic E-state index is -0.387. The molecule has 26 heavy (non-hydrogen) atoms. The fraction of sp³-hybridized carbons (Fsp3) is 0.611. The van der Waals surface area contributed by atoms with Crippen LogP contribution in [-0.2, 0) is 11.4 Å². The van der Waals surface area contributed by atoms with Gasteiger partial charge < -0.3 is 14.9 Å². The first-order valence-electron chi connectivity index (χ1n) is 9.17. The molecule has 2 saturated heterocycles. The van der Waals surface area contributed by atoms with E-state index in [2.05, 4.69) is 4.90 Å². The van der Waals surface area contributed by atoms with Crippen LogP contribution in [0, 0.1) is 10.1 Å². The molecule has 8 heteroatoms. The number of likely N-dealkylation sites (tertiary alicyclic amines) is 1. The summed E-state index contributed by atoms with van der Waals surface area (Å²) >= 11 is 0. The number of nitrogens with zero attached hydrogens (tertiary/aromatic N) is 4. The second-order valence-electron chi connectivity index (χ2n) is 6.97. The number of nitro groups is 1. The SMILES string of the molecule is CC(C(=O)N1CCCC1)N1CCN(c2cc(CO)ccc2[N+](=O)[O-])CC1. The lowest BCUT2D eigenvalue weighted by molar-refractivity contribution is -0.384. The van der Waals surface area contributed by atoms with E-state index in [9.17, 15) is 20.0 Å². The third-order valence-electron chi connectivity index (χ3n) is 5.40. The van der Waals surface area contributed by atoms with Gasteiger partial charge in [-0.3, -0.25) is 19.8 Å². The van der Waals surface area contributed by atoms with Crippen molar-refractivity contribution in [2.45, 2.75) is 32.4 Å². The van der Waals surface area contributed by atoms with Crippen molar-refractivity contribution in [1.82, 2.24) is 9.80 Å². The average molecular weight is 362 g/mol. The highest BCUT2D eigenvalue weighted by atomic mass is 16.6. The van der Waals surface area contributed by atoms with Crippen molar-refractivity contribution in [1.29, 1.82) is 0 Å². The Hall–Kier alpha value is -2.19. The lowest BCUT2D eigenvalue weighted by Crippen LogP contribution is -2.54. The Morgan fingerprint density at radius 3 is 2.42 bits per heavy atom. The Morgan fingerprint density at radius 1 is 1.19 bits per heavy atom. The van der Waals surface area contributed by atoms with E-state index in [1.807, 2.05) is 16.7 Å². The van der Waals surface area contributed by atoms with Crippen LogP contribution in [0.2, 0.25) is 0 Å². The number of anilines is 1. The van der Waals surface area contributed by atoms with Gasteiger partial charge in [0, 0.05) is 45.3 Å². The zero-order chi connectivity index (χ0) is 18.7. The van der Waals surface area contributed by atoms with Gasteiger partial charge in [-0.05, 0) is 37.5 Å². The molecule has 0 bridgehead atoms. The maximum absolute atomic E-state index is 12.6. The molecule has 142 valence electrons. The molecule has 3 rings (SSSR count). The number of aliphatic hydroxyl groups is 1. The summed E-state index contributed by atoms with van der Waals surface area (Å²) in [4.78, 5) is 29.6. The first-order chi connectivity index (χ1) is 12.5. The van der Waals surface area contributed by atoms with E-state index >= 15 is 0 Å². The number of benzene rings is 1. The molecule has 1 N–H and O–H groups in total. The number of carbonyl (C=O) groups is 1. The van der Waals surface area contributed by atoms with Crippen LogP contribution in [0.15, 0.2) is 18.2 Å². The molecule has 1 atom stereocenters. The van der Waals surface area contributed by atoms with Crippen molar-refractivity contribution < 1.29 is 14.8 Å². The van der Waals surface area contributed by atoms with Gasteiger partial charge in [0.2, 0.25) is 5.91 Å². The third kappa shape index (κ3) is 3.81. The predicted molar refractivity (Wildman–Crippen MR) is 98.1 cm³/mol. The molecule has 8 nitrogen and oxygen atoms in total. The number of hydrogen-bond acceptors (Lipinski definition) is 6. The summed E-state index contributed by atoms with van der Waals surface area (Å²) < 4.78 is 0. The fourth-order valence-corrected chi connectivity index (χ4v) is 3.78. The fourth-order valence-electron chi connectivity index (χ4n) is 3.78. The van der Waals surface area contributed by atoms with E-state index in [0.717, 1.165) is 25.9 Å². The molecule has 2 fully saturated rings. The maximum Gasteiger partial charge on any atom is 0.292 e. The number of amides is 1. The van der Waals surface area contributed by atoms with Gasteiger partial charge in [-0.15, -0.1) is 0 Å². The summed E-state index contributed by atoms with van der Waals surface area (Å²) in [5.41, 5.74) is 1.25. The Morgan fingerprint density at radius 2 is 1.85 bits per heavy atom. The molecule has 0 radical (unpaired) electrons. The molecule has 0 saturated carbocycles. The highest BCUT2D eigenvalue weighted by molar-refractivity contribution is 5.81. The van der Waals surface area contributed by atoms with E-state index in [-0.39, 0.29) is 29.2 Å². The normalized spacial score (nSPS) is 19.6. The summed E-state index contributed by atoms with van der Waals surface area (Å²) in [7, 11) is 0. The highest BCUT2D eigenvalue weighted by Crippen LogP contribution is 2.30. The molecule has 2 heterocycles. The van der Waals surface area contributed by atoms with E-state index in [1.54, 1.807) is 12.1 Å². The van der Waals surface area contributed by atoms with Crippen LogP contribution < -0.4 is 4.90 Å². The highest BCUT2D eigenvalue weighted by Gasteiger charge is 2.31. The largest absolute Gasteiger partial charge is 0.392 e. The molecule has 1 aromatic rings. The molecule has 2 aliphatic heterocycles. The van der Waals surface area contributed by atoms with Gasteiger partial charge in [0.25, 0.3) is 5.69 Å². The summed E-state index contributed by atoms with van der Waals surface area (Å²) in [6.07, 6.45) is 2.16. The van der Waals surface area contributed by atoms with Crippen LogP contribution in [0.5, 0.6) is 0 Å². The number of carbonyl (C=O) groups excluding carboxylic acids is 1. The van der Waals surface area contributed by atoms with Crippen LogP contribution in [0.25, 0.3) is 0 Å². The molecular formula is C18H26N4O4. The van der Waals surface area contributed by atoms with Gasteiger partial charge >= 0.3 is 0 Å². The number of rotatable bonds is 5. The summed E-state index contributed by atoms with van der Waals surface area (Å²) in [5.74, 6) is 0.184. The lowest BCUT2D eigenvalue weighted by atomic mass is 10.1. The Balaban J connectivity index is 1.66. The van der Waals surface area contributed by atoms with Gasteiger partial charge in [0.1, 0.15) is 5.69 Å². The van der Waals surface area contributed by atoms with Crippen molar-refractivity contribution in [3.8, 4) is 0 Å². The molecule has 0 aliphatic carbocycles. The zero-order valence-corrected chi connectivity index (χ0v) is 15.1. The number of nitro benzene ring substituents is 1. The summed E-state index contributed by atoms with van der Waals surface area (Å²) in [5, 5.41) is 20.7. The molecule has 1 aromatic carbocycles. The predicted octanol–water partition coefficient (Wildman–Crippen LogP) is 1.22. The van der Waals surface area contributed by atoms with Crippen molar-refractivity contribution in [2.24, 2.45) is 0 Å². The minimum Gasteiger partial charge on any atom is -0.392 e. The van der Waals surface area contributed by atoms with E-state index in [4.69, 9.17) is 0 Å². The first-order valence-corrected chi connectivity index (χ1v) is 9.17. The Kier molecular flexibility index (Phi) is 5.73. The van der Waals surface area contributed by atoms with Crippen LogP contribution in [0.3, 0.4) is 0 Å². The van der Waals surface area contributed by atoms with Gasteiger partial charge in [0.05, 0.1) is 17.6 Å². The van der Waals surface area contributed by atoms with Crippen LogP contribution >= 0.6 is 0 Å². The lowest BCUT2D eigenvalue weighted by Gasteiger charge is -2.39. The maximum atomic E-state index is 12.6. The molecule has 0 aromatic heterocycles. The number of aliphatic hydroxyl groups excluding tert-OH is 1. The van der Waals surface area contributed by atoms with Crippen LogP contribution in [0.4, 0.5) is 11.4 Å². The van der Waals surface area contributed by atoms with Crippen LogP contribution in [0.1, 0.15) is 25.3 Å². The van der Waals surface area contributed by atoms with Gasteiger partial charge in [-0.25, -0.2) is 0 Å².